The Morgan fingerprint density at radius 2 is 1.09 bits per heavy atom. The highest BCUT2D eigenvalue weighted by Crippen LogP contribution is 2.38. The summed E-state index contributed by atoms with van der Waals surface area (Å²) >= 11 is 12.7. The van der Waals surface area contributed by atoms with Crippen LogP contribution in [-0.2, 0) is 14.1 Å². The molecule has 0 N–H and O–H groups in total. The normalized spacial score (nSPS) is 10.9. The highest BCUT2D eigenvalue weighted by Gasteiger charge is 2.27. The third-order valence-electron chi connectivity index (χ3n) is 5.48. The summed E-state index contributed by atoms with van der Waals surface area (Å²) < 4.78 is 3.19. The lowest BCUT2D eigenvalue weighted by Gasteiger charge is -2.12. The summed E-state index contributed by atoms with van der Waals surface area (Å²) in [6, 6.07) is 11.3. The van der Waals surface area contributed by atoms with Gasteiger partial charge in [-0.2, -0.15) is 0 Å². The molecule has 4 rings (SSSR count). The van der Waals surface area contributed by atoms with E-state index in [0.29, 0.717) is 22.3 Å². The Bertz CT molecular complexity index is 1380. The zero-order valence-electron chi connectivity index (χ0n) is 17.9. The van der Waals surface area contributed by atoms with Crippen LogP contribution in [0, 0.1) is 20.2 Å². The molecule has 172 valence electrons. The van der Waals surface area contributed by atoms with Gasteiger partial charge in [0.1, 0.15) is 0 Å². The summed E-state index contributed by atoms with van der Waals surface area (Å²) in [5.41, 5.74) is 1.66. The van der Waals surface area contributed by atoms with Crippen molar-refractivity contribution in [2.75, 3.05) is 0 Å². The van der Waals surface area contributed by atoms with Crippen LogP contribution in [0.5, 0.6) is 0 Å². The number of benzene rings is 2. The third-order valence-corrected chi connectivity index (χ3v) is 6.14. The Morgan fingerprint density at radius 3 is 1.44 bits per heavy atom. The predicted molar refractivity (Wildman–Crippen MR) is 128 cm³/mol. The van der Waals surface area contributed by atoms with Gasteiger partial charge in [0, 0.05) is 83.1 Å². The number of aromatic nitrogens is 2. The Morgan fingerprint density at radius 1 is 0.706 bits per heavy atom. The number of halogens is 2. The van der Waals surface area contributed by atoms with Crippen molar-refractivity contribution in [3.8, 4) is 22.3 Å². The Labute approximate surface area is 203 Å². The van der Waals surface area contributed by atoms with Crippen LogP contribution in [0.4, 0.5) is 11.4 Å². The number of hydrogen-bond donors (Lipinski definition) is 0. The van der Waals surface area contributed by atoms with Gasteiger partial charge in [-0.05, 0) is 24.3 Å². The van der Waals surface area contributed by atoms with Crippen LogP contribution < -0.4 is 0 Å². The molecule has 0 unspecified atom stereocenters. The van der Waals surface area contributed by atoms with E-state index in [1.165, 1.54) is 36.4 Å². The van der Waals surface area contributed by atoms with Crippen molar-refractivity contribution in [2.45, 2.75) is 0 Å². The first-order valence-corrected chi connectivity index (χ1v) is 10.6. The highest BCUT2D eigenvalue weighted by molar-refractivity contribution is 6.34. The minimum atomic E-state index is -0.538. The number of hydrogen-bond acceptors (Lipinski definition) is 5. The first kappa shape index (κ1) is 23.2. The lowest BCUT2D eigenvalue weighted by molar-refractivity contribution is -0.385. The Kier molecular flexibility index (Phi) is 5.99. The number of non-ortho nitro benzene ring substituents is 2. The van der Waals surface area contributed by atoms with E-state index >= 15 is 0 Å². The van der Waals surface area contributed by atoms with Crippen LogP contribution in [0.1, 0.15) is 16.2 Å². The standard InChI is InChI=1S/C23H16Cl2N4O5/c1-26-9-7-15(17-11-13(28(31)32)3-5-19(17)24)21(26)23(30)22-16(8-10-27(22)2)18-12-14(29(33)34)4-6-20(18)25/h3-12H,1-2H3. The van der Waals surface area contributed by atoms with E-state index in [9.17, 15) is 25.0 Å². The van der Waals surface area contributed by atoms with E-state index in [-0.39, 0.29) is 32.8 Å². The molecule has 0 aliphatic carbocycles. The monoisotopic (exact) mass is 498 g/mol. The Hall–Kier alpha value is -3.95. The summed E-state index contributed by atoms with van der Waals surface area (Å²) in [6.07, 6.45) is 3.31. The van der Waals surface area contributed by atoms with E-state index in [1.54, 1.807) is 47.8 Å². The van der Waals surface area contributed by atoms with Gasteiger partial charge in [-0.15, -0.1) is 0 Å². The number of rotatable bonds is 6. The lowest BCUT2D eigenvalue weighted by Crippen LogP contribution is -2.13. The number of carbonyl (C=O) groups is 1. The second-order valence-electron chi connectivity index (χ2n) is 7.55. The van der Waals surface area contributed by atoms with Crippen LogP contribution >= 0.6 is 23.2 Å². The summed E-state index contributed by atoms with van der Waals surface area (Å²) in [7, 11) is 3.34. The second kappa shape index (κ2) is 8.77. The van der Waals surface area contributed by atoms with Crippen molar-refractivity contribution in [1.29, 1.82) is 0 Å². The maximum Gasteiger partial charge on any atom is 0.270 e. The molecule has 0 aliphatic rings. The van der Waals surface area contributed by atoms with Gasteiger partial charge in [-0.25, -0.2) is 0 Å². The van der Waals surface area contributed by atoms with Gasteiger partial charge in [-0.1, -0.05) is 23.2 Å². The largest absolute Gasteiger partial charge is 0.347 e. The van der Waals surface area contributed by atoms with Gasteiger partial charge in [-0.3, -0.25) is 25.0 Å². The third kappa shape index (κ3) is 3.95. The molecule has 0 fully saturated rings. The molecule has 4 aromatic rings. The number of nitro benzene ring substituents is 2. The fourth-order valence-electron chi connectivity index (χ4n) is 3.84. The fraction of sp³-hybridized carbons (Fsp3) is 0.0870. The van der Waals surface area contributed by atoms with Crippen molar-refractivity contribution in [3.05, 3.63) is 103 Å². The molecule has 0 saturated heterocycles. The van der Waals surface area contributed by atoms with Crippen molar-refractivity contribution in [3.63, 3.8) is 0 Å². The molecular weight excluding hydrogens is 483 g/mol. The van der Waals surface area contributed by atoms with Crippen LogP contribution in [0.2, 0.25) is 10.0 Å². The predicted octanol–water partition coefficient (Wildman–Crippen LogP) is 6.05. The van der Waals surface area contributed by atoms with Crippen molar-refractivity contribution in [2.24, 2.45) is 14.1 Å². The molecule has 0 bridgehead atoms. The molecule has 0 aliphatic heterocycles. The molecule has 34 heavy (non-hydrogen) atoms. The molecule has 2 aromatic carbocycles. The zero-order chi connectivity index (χ0) is 24.7. The summed E-state index contributed by atoms with van der Waals surface area (Å²) in [5.74, 6) is -0.407. The summed E-state index contributed by atoms with van der Waals surface area (Å²) in [5, 5.41) is 23.1. The van der Waals surface area contributed by atoms with E-state index in [4.69, 9.17) is 23.2 Å². The Balaban J connectivity index is 1.90. The van der Waals surface area contributed by atoms with Gasteiger partial charge >= 0.3 is 0 Å². The molecule has 0 saturated carbocycles. The van der Waals surface area contributed by atoms with Gasteiger partial charge < -0.3 is 9.13 Å². The maximum absolute atomic E-state index is 13.9. The molecule has 0 amide bonds. The van der Waals surface area contributed by atoms with Crippen molar-refractivity contribution in [1.82, 2.24) is 9.13 Å². The lowest BCUT2D eigenvalue weighted by atomic mass is 9.98. The van der Waals surface area contributed by atoms with Crippen LogP contribution in [-0.4, -0.2) is 24.8 Å². The molecule has 0 spiro atoms. The van der Waals surface area contributed by atoms with Crippen LogP contribution in [0.3, 0.4) is 0 Å². The minimum Gasteiger partial charge on any atom is -0.347 e. The van der Waals surface area contributed by atoms with Gasteiger partial charge in [0.15, 0.2) is 0 Å². The van der Waals surface area contributed by atoms with Crippen molar-refractivity contribution < 1.29 is 14.6 Å². The molecule has 0 radical (unpaired) electrons. The minimum absolute atomic E-state index is 0.162. The van der Waals surface area contributed by atoms with E-state index in [2.05, 4.69) is 0 Å². The molecule has 2 aromatic heterocycles. The zero-order valence-corrected chi connectivity index (χ0v) is 19.4. The summed E-state index contributed by atoms with van der Waals surface area (Å²) in [6.45, 7) is 0. The molecule has 2 heterocycles. The van der Waals surface area contributed by atoms with Crippen molar-refractivity contribution >= 4 is 40.4 Å². The maximum atomic E-state index is 13.9. The first-order valence-electron chi connectivity index (χ1n) is 9.84. The van der Waals surface area contributed by atoms with E-state index in [0.717, 1.165) is 0 Å². The number of carbonyl (C=O) groups excluding carboxylic acids is 1. The number of aryl methyl sites for hydroxylation is 2. The second-order valence-corrected chi connectivity index (χ2v) is 8.36. The SMILES string of the molecule is Cn1ccc(-c2cc([N+](=O)[O-])ccc2Cl)c1C(=O)c1c(-c2cc([N+](=O)[O-])ccc2Cl)ccn1C. The summed E-state index contributed by atoms with van der Waals surface area (Å²) in [4.78, 5) is 35.4. The molecular formula is C23H16Cl2N4O5. The average molecular weight is 499 g/mol. The first-order chi connectivity index (χ1) is 16.1. The van der Waals surface area contributed by atoms with Gasteiger partial charge in [0.2, 0.25) is 5.78 Å². The average Bonchev–Trinajstić information content (AvgIpc) is 3.36. The highest BCUT2D eigenvalue weighted by atomic mass is 35.5. The van der Waals surface area contributed by atoms with E-state index in [1.807, 2.05) is 0 Å². The smallest absolute Gasteiger partial charge is 0.270 e. The fourth-order valence-corrected chi connectivity index (χ4v) is 4.28. The van der Waals surface area contributed by atoms with Gasteiger partial charge in [0.05, 0.1) is 21.2 Å². The van der Waals surface area contributed by atoms with Crippen LogP contribution in [0.15, 0.2) is 60.9 Å². The van der Waals surface area contributed by atoms with E-state index < -0.39 is 15.6 Å². The van der Waals surface area contributed by atoms with Gasteiger partial charge in [0.25, 0.3) is 11.4 Å². The molecule has 0 atom stereocenters. The number of ketones is 1. The topological polar surface area (TPSA) is 113 Å². The number of nitrogens with zero attached hydrogens (tertiary/aromatic N) is 4. The molecule has 11 heteroatoms. The molecule has 9 nitrogen and oxygen atoms in total. The number of nitro groups is 2. The van der Waals surface area contributed by atoms with Crippen LogP contribution in [0.25, 0.3) is 22.3 Å². The quantitative estimate of drug-likeness (QED) is 0.182.